The summed E-state index contributed by atoms with van der Waals surface area (Å²) in [4.78, 5) is 2.45. The number of hydrogen-bond acceptors (Lipinski definition) is 6. The van der Waals surface area contributed by atoms with Crippen molar-refractivity contribution in [3.8, 4) is 11.5 Å². The predicted molar refractivity (Wildman–Crippen MR) is 94.3 cm³/mol. The first kappa shape index (κ1) is 16.1. The van der Waals surface area contributed by atoms with E-state index in [-0.39, 0.29) is 12.1 Å². The molecule has 7 nitrogen and oxygen atoms in total. The fraction of sp³-hybridized carbons (Fsp3) is 0.579. The lowest BCUT2D eigenvalue weighted by Crippen LogP contribution is -2.26. The second-order valence-corrected chi connectivity index (χ2v) is 7.25. The zero-order chi connectivity index (χ0) is 17.5. The van der Waals surface area contributed by atoms with Crippen LogP contribution >= 0.6 is 0 Å². The van der Waals surface area contributed by atoms with Crippen molar-refractivity contribution >= 4 is 0 Å². The molecule has 0 radical (unpaired) electrons. The van der Waals surface area contributed by atoms with Crippen LogP contribution in [-0.2, 0) is 24.2 Å². The third-order valence-corrected chi connectivity index (χ3v) is 5.63. The summed E-state index contributed by atoms with van der Waals surface area (Å²) in [6, 6.07) is 6.48. The molecule has 1 aromatic heterocycles. The van der Waals surface area contributed by atoms with Crippen molar-refractivity contribution < 1.29 is 14.2 Å². The summed E-state index contributed by atoms with van der Waals surface area (Å²) >= 11 is 0. The lowest BCUT2D eigenvalue weighted by Gasteiger charge is -2.25. The summed E-state index contributed by atoms with van der Waals surface area (Å²) < 4.78 is 19.3. The van der Waals surface area contributed by atoms with Crippen molar-refractivity contribution in [1.82, 2.24) is 19.7 Å². The molecule has 1 aromatic carbocycles. The van der Waals surface area contributed by atoms with Crippen LogP contribution < -0.4 is 9.47 Å². The molecule has 2 atom stereocenters. The summed E-state index contributed by atoms with van der Waals surface area (Å²) in [6.07, 6.45) is 3.39. The molecule has 0 bridgehead atoms. The first-order valence-corrected chi connectivity index (χ1v) is 9.39. The van der Waals surface area contributed by atoms with E-state index in [1.807, 2.05) is 6.07 Å². The van der Waals surface area contributed by atoms with Gasteiger partial charge in [-0.15, -0.1) is 10.2 Å². The number of methoxy groups -OCH3 is 1. The van der Waals surface area contributed by atoms with Crippen molar-refractivity contribution in [2.75, 3.05) is 26.9 Å². The summed E-state index contributed by atoms with van der Waals surface area (Å²) in [6.45, 7) is 4.00. The number of nitrogens with zero attached hydrogens (tertiary/aromatic N) is 4. The van der Waals surface area contributed by atoms with Crippen molar-refractivity contribution in [2.24, 2.45) is 0 Å². The molecular weight excluding hydrogens is 332 g/mol. The fourth-order valence-corrected chi connectivity index (χ4v) is 4.32. The monoisotopic (exact) mass is 356 g/mol. The van der Waals surface area contributed by atoms with Gasteiger partial charge in [0.1, 0.15) is 19.0 Å². The molecule has 7 heteroatoms. The lowest BCUT2D eigenvalue weighted by molar-refractivity contribution is 0.107. The van der Waals surface area contributed by atoms with Gasteiger partial charge in [-0.2, -0.15) is 0 Å². The maximum atomic E-state index is 5.74. The Morgan fingerprint density at radius 3 is 2.96 bits per heavy atom. The summed E-state index contributed by atoms with van der Waals surface area (Å²) in [5.74, 6) is 3.90. The molecule has 3 aliphatic heterocycles. The highest BCUT2D eigenvalue weighted by Gasteiger charge is 2.37. The smallest absolute Gasteiger partial charge is 0.161 e. The minimum Gasteiger partial charge on any atom is -0.486 e. The fourth-order valence-electron chi connectivity index (χ4n) is 4.32. The zero-order valence-corrected chi connectivity index (χ0v) is 15.1. The van der Waals surface area contributed by atoms with Gasteiger partial charge in [-0.05, 0) is 30.5 Å². The number of benzene rings is 1. The van der Waals surface area contributed by atoms with E-state index in [0.717, 1.165) is 55.6 Å². The number of likely N-dealkylation sites (tertiary alicyclic amines) is 1. The Morgan fingerprint density at radius 2 is 2.08 bits per heavy atom. The standard InChI is InChI=1S/C19H24N4O3/c1-24-14-10-15(19-21-20-18-3-2-6-23(18)19)22(12-14)11-13-4-5-16-17(9-13)26-8-7-25-16/h4-5,9,14-15H,2-3,6-8,10-12H2,1H3/t14-,15+/m1/s1. The van der Waals surface area contributed by atoms with Crippen molar-refractivity contribution in [3.05, 3.63) is 35.4 Å². The highest BCUT2D eigenvalue weighted by Crippen LogP contribution is 2.37. The lowest BCUT2D eigenvalue weighted by atomic mass is 10.1. The number of fused-ring (bicyclic) bond motifs is 2. The van der Waals surface area contributed by atoms with E-state index in [9.17, 15) is 0 Å². The van der Waals surface area contributed by atoms with Crippen LogP contribution in [0, 0.1) is 0 Å². The number of rotatable bonds is 4. The average molecular weight is 356 g/mol. The number of ether oxygens (including phenoxy) is 3. The third kappa shape index (κ3) is 2.75. The molecule has 2 aromatic rings. The van der Waals surface area contributed by atoms with Gasteiger partial charge in [0.05, 0.1) is 12.1 Å². The van der Waals surface area contributed by atoms with Gasteiger partial charge < -0.3 is 18.8 Å². The maximum Gasteiger partial charge on any atom is 0.161 e. The van der Waals surface area contributed by atoms with Gasteiger partial charge in [-0.25, -0.2) is 0 Å². The third-order valence-electron chi connectivity index (χ3n) is 5.63. The van der Waals surface area contributed by atoms with Crippen molar-refractivity contribution in [1.29, 1.82) is 0 Å². The molecule has 1 fully saturated rings. The van der Waals surface area contributed by atoms with Gasteiger partial charge in [0.25, 0.3) is 0 Å². The van der Waals surface area contributed by atoms with E-state index in [2.05, 4.69) is 31.8 Å². The molecule has 0 saturated carbocycles. The van der Waals surface area contributed by atoms with Crippen LogP contribution in [0.3, 0.4) is 0 Å². The van der Waals surface area contributed by atoms with Gasteiger partial charge in [-0.3, -0.25) is 4.90 Å². The summed E-state index contributed by atoms with van der Waals surface area (Å²) in [7, 11) is 1.80. The average Bonchev–Trinajstić information content (AvgIpc) is 3.37. The molecule has 5 rings (SSSR count). The molecule has 4 heterocycles. The van der Waals surface area contributed by atoms with E-state index in [1.54, 1.807) is 7.11 Å². The Balaban J connectivity index is 1.40. The molecule has 0 aliphatic carbocycles. The molecule has 1 saturated heterocycles. The summed E-state index contributed by atoms with van der Waals surface area (Å²) in [5, 5.41) is 8.92. The van der Waals surface area contributed by atoms with Gasteiger partial charge in [-0.1, -0.05) is 6.07 Å². The Labute approximate surface area is 152 Å². The molecule has 0 amide bonds. The normalized spacial score (nSPS) is 24.8. The molecule has 26 heavy (non-hydrogen) atoms. The first-order valence-electron chi connectivity index (χ1n) is 9.39. The highest BCUT2D eigenvalue weighted by molar-refractivity contribution is 5.43. The molecule has 0 spiro atoms. The number of aromatic nitrogens is 3. The Kier molecular flexibility index (Phi) is 4.05. The molecule has 0 unspecified atom stereocenters. The van der Waals surface area contributed by atoms with Crippen LogP contribution in [-0.4, -0.2) is 52.6 Å². The van der Waals surface area contributed by atoms with Gasteiger partial charge in [0.2, 0.25) is 0 Å². The number of aryl methyl sites for hydroxylation is 1. The van der Waals surface area contributed by atoms with E-state index in [0.29, 0.717) is 13.2 Å². The minimum absolute atomic E-state index is 0.228. The number of hydrogen-bond donors (Lipinski definition) is 0. The topological polar surface area (TPSA) is 61.6 Å². The van der Waals surface area contributed by atoms with Gasteiger partial charge in [0.15, 0.2) is 17.3 Å². The molecule has 3 aliphatic rings. The van der Waals surface area contributed by atoms with E-state index >= 15 is 0 Å². The molecule has 138 valence electrons. The van der Waals surface area contributed by atoms with Crippen LogP contribution in [0.25, 0.3) is 0 Å². The van der Waals surface area contributed by atoms with Crippen molar-refractivity contribution in [2.45, 2.75) is 44.5 Å². The predicted octanol–water partition coefficient (Wildman–Crippen LogP) is 1.96. The van der Waals surface area contributed by atoms with E-state index in [4.69, 9.17) is 14.2 Å². The van der Waals surface area contributed by atoms with Crippen LogP contribution in [0.4, 0.5) is 0 Å². The van der Waals surface area contributed by atoms with Crippen LogP contribution in [0.1, 0.15) is 36.1 Å². The molecule has 0 N–H and O–H groups in total. The second kappa shape index (κ2) is 6.55. The SMILES string of the molecule is CO[C@@H]1C[C@@H](c2nnc3n2CCC3)N(Cc2ccc3c(c2)OCCO3)C1. The first-order chi connectivity index (χ1) is 12.8. The zero-order valence-electron chi connectivity index (χ0n) is 15.1. The largest absolute Gasteiger partial charge is 0.486 e. The molecular formula is C19H24N4O3. The van der Waals surface area contributed by atoms with Gasteiger partial charge in [0, 0.05) is 33.2 Å². The highest BCUT2D eigenvalue weighted by atomic mass is 16.6. The van der Waals surface area contributed by atoms with Gasteiger partial charge >= 0.3 is 0 Å². The Morgan fingerprint density at radius 1 is 1.19 bits per heavy atom. The second-order valence-electron chi connectivity index (χ2n) is 7.25. The van der Waals surface area contributed by atoms with E-state index in [1.165, 1.54) is 12.0 Å². The van der Waals surface area contributed by atoms with Crippen LogP contribution in [0.2, 0.25) is 0 Å². The maximum absolute atomic E-state index is 5.74. The quantitative estimate of drug-likeness (QED) is 0.835. The summed E-state index contributed by atoms with van der Waals surface area (Å²) in [5.41, 5.74) is 1.22. The van der Waals surface area contributed by atoms with Crippen LogP contribution in [0.15, 0.2) is 18.2 Å². The van der Waals surface area contributed by atoms with Crippen LogP contribution in [0.5, 0.6) is 11.5 Å². The van der Waals surface area contributed by atoms with E-state index < -0.39 is 0 Å². The Bertz CT molecular complexity index is 806. The van der Waals surface area contributed by atoms with Crippen molar-refractivity contribution in [3.63, 3.8) is 0 Å². The Hall–Kier alpha value is -2.12. The minimum atomic E-state index is 0.228.